The number of hydrogen-bond acceptors (Lipinski definition) is 5. The van der Waals surface area contributed by atoms with E-state index in [4.69, 9.17) is 5.11 Å². The van der Waals surface area contributed by atoms with Crippen molar-refractivity contribution >= 4 is 52.2 Å². The molecular weight excluding hydrogens is 438 g/mol. The third kappa shape index (κ3) is 5.36. The standard InChI is InChI=1S/C25H19N3O4S/c29-22(26-19-13-11-18(12-14-19)24(31)32)16-33-25-27-21(15-17-7-3-1-4-8-17)23(30)28(25)20-9-5-2-6-10-20/h1-15H,16H2,(H,26,29)(H,31,32)/b21-15-. The van der Waals surface area contributed by atoms with Crippen molar-refractivity contribution in [3.05, 3.63) is 102 Å². The van der Waals surface area contributed by atoms with Crippen LogP contribution in [-0.4, -0.2) is 33.8 Å². The summed E-state index contributed by atoms with van der Waals surface area (Å²) in [6, 6.07) is 24.5. The second kappa shape index (κ2) is 9.97. The Morgan fingerprint density at radius 3 is 2.21 bits per heavy atom. The predicted molar refractivity (Wildman–Crippen MR) is 130 cm³/mol. The van der Waals surface area contributed by atoms with Crippen LogP contribution in [0.25, 0.3) is 6.08 Å². The van der Waals surface area contributed by atoms with Crippen LogP contribution in [0.15, 0.2) is 95.6 Å². The lowest BCUT2D eigenvalue weighted by Gasteiger charge is -2.17. The Kier molecular flexibility index (Phi) is 6.66. The highest BCUT2D eigenvalue weighted by Crippen LogP contribution is 2.29. The van der Waals surface area contributed by atoms with E-state index >= 15 is 0 Å². The Morgan fingerprint density at radius 1 is 0.939 bits per heavy atom. The molecule has 1 aliphatic rings. The molecule has 2 N–H and O–H groups in total. The largest absolute Gasteiger partial charge is 0.478 e. The normalized spacial score (nSPS) is 14.3. The molecule has 2 amide bonds. The molecule has 1 heterocycles. The van der Waals surface area contributed by atoms with Crippen LogP contribution in [0.2, 0.25) is 0 Å². The number of carboxylic acids is 1. The maximum atomic E-state index is 13.1. The van der Waals surface area contributed by atoms with Gasteiger partial charge in [-0.05, 0) is 48.0 Å². The molecule has 0 atom stereocenters. The van der Waals surface area contributed by atoms with Gasteiger partial charge in [-0.15, -0.1) is 0 Å². The number of carbonyl (C=O) groups is 3. The maximum Gasteiger partial charge on any atom is 0.335 e. The summed E-state index contributed by atoms with van der Waals surface area (Å²) in [4.78, 5) is 42.5. The van der Waals surface area contributed by atoms with Crippen LogP contribution in [0, 0.1) is 0 Å². The molecule has 8 heteroatoms. The van der Waals surface area contributed by atoms with E-state index in [0.29, 0.717) is 16.5 Å². The average Bonchev–Trinajstić information content (AvgIpc) is 3.14. The maximum absolute atomic E-state index is 13.1. The van der Waals surface area contributed by atoms with E-state index in [1.165, 1.54) is 29.2 Å². The molecular formula is C25H19N3O4S. The predicted octanol–water partition coefficient (Wildman–Crippen LogP) is 4.50. The van der Waals surface area contributed by atoms with E-state index in [2.05, 4.69) is 10.3 Å². The minimum absolute atomic E-state index is 0.0226. The molecule has 0 fully saturated rings. The number of anilines is 2. The fourth-order valence-corrected chi connectivity index (χ4v) is 3.94. The van der Waals surface area contributed by atoms with Gasteiger partial charge in [0.05, 0.1) is 17.0 Å². The van der Waals surface area contributed by atoms with Gasteiger partial charge in [0, 0.05) is 5.69 Å². The number of thioether (sulfide) groups is 1. The van der Waals surface area contributed by atoms with Crippen molar-refractivity contribution in [3.63, 3.8) is 0 Å². The fourth-order valence-electron chi connectivity index (χ4n) is 3.13. The second-order valence-electron chi connectivity index (χ2n) is 7.03. The van der Waals surface area contributed by atoms with Crippen molar-refractivity contribution in [1.82, 2.24) is 0 Å². The van der Waals surface area contributed by atoms with E-state index in [1.807, 2.05) is 60.7 Å². The summed E-state index contributed by atoms with van der Waals surface area (Å²) in [6.07, 6.45) is 1.72. The van der Waals surface area contributed by atoms with Gasteiger partial charge in [0.15, 0.2) is 5.17 Å². The lowest BCUT2D eigenvalue weighted by atomic mass is 10.2. The summed E-state index contributed by atoms with van der Waals surface area (Å²) in [5.41, 5.74) is 2.43. The Balaban J connectivity index is 1.51. The van der Waals surface area contributed by atoms with E-state index in [1.54, 1.807) is 6.08 Å². The summed E-state index contributed by atoms with van der Waals surface area (Å²) in [5, 5.41) is 12.1. The average molecular weight is 458 g/mol. The number of carboxylic acid groups (broad SMARTS) is 1. The van der Waals surface area contributed by atoms with Crippen molar-refractivity contribution in [2.75, 3.05) is 16.0 Å². The molecule has 1 aliphatic heterocycles. The number of amidine groups is 1. The van der Waals surface area contributed by atoms with Crippen LogP contribution in [-0.2, 0) is 9.59 Å². The molecule has 0 aromatic heterocycles. The molecule has 164 valence electrons. The number of nitrogens with one attached hydrogen (secondary N) is 1. The quantitative estimate of drug-likeness (QED) is 0.531. The van der Waals surface area contributed by atoms with Crippen LogP contribution in [0.3, 0.4) is 0 Å². The van der Waals surface area contributed by atoms with Crippen molar-refractivity contribution in [2.24, 2.45) is 4.99 Å². The Hall–Kier alpha value is -4.17. The first-order valence-electron chi connectivity index (χ1n) is 10.0. The summed E-state index contributed by atoms with van der Waals surface area (Å²) < 4.78 is 0. The zero-order valence-corrected chi connectivity index (χ0v) is 18.2. The number of nitrogens with zero attached hydrogens (tertiary/aromatic N) is 2. The van der Waals surface area contributed by atoms with Crippen molar-refractivity contribution in [3.8, 4) is 0 Å². The first-order valence-corrected chi connectivity index (χ1v) is 11.0. The lowest BCUT2D eigenvalue weighted by Crippen LogP contribution is -2.31. The number of aromatic carboxylic acids is 1. The van der Waals surface area contributed by atoms with Crippen LogP contribution >= 0.6 is 11.8 Å². The molecule has 4 rings (SSSR count). The Morgan fingerprint density at radius 2 is 1.58 bits per heavy atom. The van der Waals surface area contributed by atoms with Crippen LogP contribution in [0.5, 0.6) is 0 Å². The van der Waals surface area contributed by atoms with Gasteiger partial charge in [-0.1, -0.05) is 60.3 Å². The van der Waals surface area contributed by atoms with Crippen molar-refractivity contribution < 1.29 is 19.5 Å². The molecule has 7 nitrogen and oxygen atoms in total. The van der Waals surface area contributed by atoms with E-state index in [0.717, 1.165) is 17.3 Å². The third-order valence-corrected chi connectivity index (χ3v) is 5.63. The fraction of sp³-hybridized carbons (Fsp3) is 0.0400. The number of para-hydroxylation sites is 1. The van der Waals surface area contributed by atoms with Crippen molar-refractivity contribution in [2.45, 2.75) is 0 Å². The highest BCUT2D eigenvalue weighted by Gasteiger charge is 2.32. The van der Waals surface area contributed by atoms with Gasteiger partial charge < -0.3 is 10.4 Å². The molecule has 0 saturated heterocycles. The topological polar surface area (TPSA) is 99.1 Å². The van der Waals surface area contributed by atoms with Gasteiger partial charge in [-0.2, -0.15) is 0 Å². The van der Waals surface area contributed by atoms with Crippen LogP contribution in [0.4, 0.5) is 11.4 Å². The van der Waals surface area contributed by atoms with E-state index in [-0.39, 0.29) is 28.8 Å². The third-order valence-electron chi connectivity index (χ3n) is 4.69. The highest BCUT2D eigenvalue weighted by atomic mass is 32.2. The number of aliphatic imine (C=N–C) groups is 1. The number of carbonyl (C=O) groups excluding carboxylic acids is 2. The first kappa shape index (κ1) is 22.0. The van der Waals surface area contributed by atoms with Gasteiger partial charge in [0.1, 0.15) is 5.70 Å². The SMILES string of the molecule is O=C(CSC1=N/C(=C\c2ccccc2)C(=O)N1c1ccccc1)Nc1ccc(C(=O)O)cc1. The molecule has 0 aliphatic carbocycles. The zero-order valence-electron chi connectivity index (χ0n) is 17.3. The van der Waals surface area contributed by atoms with Gasteiger partial charge in [-0.3, -0.25) is 14.5 Å². The monoisotopic (exact) mass is 457 g/mol. The number of rotatable bonds is 6. The van der Waals surface area contributed by atoms with E-state index in [9.17, 15) is 14.4 Å². The van der Waals surface area contributed by atoms with Gasteiger partial charge in [0.2, 0.25) is 5.91 Å². The summed E-state index contributed by atoms with van der Waals surface area (Å²) in [5.74, 6) is -1.58. The first-order chi connectivity index (χ1) is 16.0. The van der Waals surface area contributed by atoms with Crippen LogP contribution < -0.4 is 10.2 Å². The molecule has 33 heavy (non-hydrogen) atoms. The molecule has 0 saturated carbocycles. The zero-order chi connectivity index (χ0) is 23.2. The number of amides is 2. The van der Waals surface area contributed by atoms with Crippen LogP contribution in [0.1, 0.15) is 15.9 Å². The number of hydrogen-bond donors (Lipinski definition) is 2. The lowest BCUT2D eigenvalue weighted by molar-refractivity contribution is -0.114. The van der Waals surface area contributed by atoms with Gasteiger partial charge in [0.25, 0.3) is 5.91 Å². The van der Waals surface area contributed by atoms with Crippen molar-refractivity contribution in [1.29, 1.82) is 0 Å². The summed E-state index contributed by atoms with van der Waals surface area (Å²) >= 11 is 1.15. The highest BCUT2D eigenvalue weighted by molar-refractivity contribution is 8.14. The second-order valence-corrected chi connectivity index (χ2v) is 7.97. The molecule has 0 bridgehead atoms. The molecule has 0 spiro atoms. The van der Waals surface area contributed by atoms with Gasteiger partial charge >= 0.3 is 5.97 Å². The minimum atomic E-state index is -1.03. The summed E-state index contributed by atoms with van der Waals surface area (Å²) in [6.45, 7) is 0. The Labute approximate surface area is 194 Å². The minimum Gasteiger partial charge on any atom is -0.478 e. The van der Waals surface area contributed by atoms with E-state index < -0.39 is 5.97 Å². The molecule has 0 unspecified atom stereocenters. The Bertz CT molecular complexity index is 1240. The van der Waals surface area contributed by atoms with Gasteiger partial charge in [-0.25, -0.2) is 9.79 Å². The number of benzene rings is 3. The molecule has 0 radical (unpaired) electrons. The molecule has 3 aromatic rings. The summed E-state index contributed by atoms with van der Waals surface area (Å²) in [7, 11) is 0. The smallest absolute Gasteiger partial charge is 0.335 e. The molecule has 3 aromatic carbocycles.